The highest BCUT2D eigenvalue weighted by Gasteiger charge is 2.27. The van der Waals surface area contributed by atoms with E-state index in [0.717, 1.165) is 10.7 Å². The van der Waals surface area contributed by atoms with E-state index in [9.17, 15) is 9.90 Å². The minimum Gasteiger partial charge on any atom is -0.441 e. The second-order valence-electron chi connectivity index (χ2n) is 7.20. The molecule has 0 aromatic carbocycles. The number of nitrogens with zero attached hydrogens (tertiary/aromatic N) is 2. The van der Waals surface area contributed by atoms with Gasteiger partial charge in [-0.25, -0.2) is 9.78 Å². The van der Waals surface area contributed by atoms with Crippen molar-refractivity contribution in [2.45, 2.75) is 44.2 Å². The number of nitrogens with one attached hydrogen (secondary N) is 2. The molecule has 0 aliphatic carbocycles. The first-order chi connectivity index (χ1) is 11.8. The van der Waals surface area contributed by atoms with Crippen molar-refractivity contribution >= 4 is 23.9 Å². The number of aliphatic hydroxyl groups is 1. The van der Waals surface area contributed by atoms with Crippen molar-refractivity contribution in [3.05, 3.63) is 35.0 Å². The normalized spacial score (nSPS) is 23.8. The lowest BCUT2D eigenvalue weighted by Crippen LogP contribution is -2.46. The van der Waals surface area contributed by atoms with Gasteiger partial charge < -0.3 is 25.1 Å². The first kappa shape index (κ1) is 17.9. The topological polar surface area (TPSA) is 90.6 Å². The van der Waals surface area contributed by atoms with Crippen LogP contribution in [-0.2, 0) is 5.41 Å². The molecule has 7 nitrogen and oxygen atoms in total. The van der Waals surface area contributed by atoms with Gasteiger partial charge in [0, 0.05) is 35.7 Å². The molecule has 25 heavy (non-hydrogen) atoms. The zero-order valence-electron chi connectivity index (χ0n) is 14.7. The molecule has 2 atom stereocenters. The number of urea groups is 1. The molecule has 2 aliphatic rings. The predicted octanol–water partition coefficient (Wildman–Crippen LogP) is 2.22. The summed E-state index contributed by atoms with van der Waals surface area (Å²) < 4.78 is 5.72. The van der Waals surface area contributed by atoms with E-state index in [1.807, 2.05) is 18.4 Å². The molecule has 8 heteroatoms. The molecule has 2 amide bonds. The van der Waals surface area contributed by atoms with E-state index in [1.54, 1.807) is 11.1 Å². The van der Waals surface area contributed by atoms with Crippen LogP contribution in [0.4, 0.5) is 4.79 Å². The third-order valence-corrected chi connectivity index (χ3v) is 5.00. The van der Waals surface area contributed by atoms with Gasteiger partial charge in [-0.2, -0.15) is 0 Å². The standard InChI is InChI=1S/C17H24N4O3S/c1-17(2,3)13-9-18-14(24-13)5-4-12-8-19-15(25-12)20-16(23)21-7-6-11(22)10-21/h4-5,8-9,11,15,19,22H,6-7,10H2,1-3H3,(H,20,23)/b5-4+. The number of oxazole rings is 1. The maximum atomic E-state index is 12.1. The molecular formula is C17H24N4O3S. The van der Waals surface area contributed by atoms with Gasteiger partial charge in [-0.05, 0) is 12.5 Å². The number of amides is 2. The summed E-state index contributed by atoms with van der Waals surface area (Å²) in [4.78, 5) is 19.0. The number of rotatable bonds is 3. The summed E-state index contributed by atoms with van der Waals surface area (Å²) >= 11 is 1.50. The number of hydrogen-bond donors (Lipinski definition) is 3. The molecule has 0 spiro atoms. The number of aliphatic hydroxyl groups excluding tert-OH is 1. The fourth-order valence-electron chi connectivity index (χ4n) is 2.52. The molecule has 2 aliphatic heterocycles. The summed E-state index contributed by atoms with van der Waals surface area (Å²) in [5.41, 5.74) is -0.292. The van der Waals surface area contributed by atoms with Gasteiger partial charge in [-0.1, -0.05) is 32.5 Å². The van der Waals surface area contributed by atoms with Crippen LogP contribution in [0.1, 0.15) is 38.8 Å². The van der Waals surface area contributed by atoms with Gasteiger partial charge in [0.1, 0.15) is 5.76 Å². The molecule has 3 heterocycles. The monoisotopic (exact) mass is 364 g/mol. The lowest BCUT2D eigenvalue weighted by atomic mass is 9.94. The van der Waals surface area contributed by atoms with Crippen LogP contribution in [0.25, 0.3) is 6.08 Å². The van der Waals surface area contributed by atoms with Crippen molar-refractivity contribution in [2.75, 3.05) is 13.1 Å². The van der Waals surface area contributed by atoms with Gasteiger partial charge in [-0.3, -0.25) is 0 Å². The molecule has 3 N–H and O–H groups in total. The van der Waals surface area contributed by atoms with E-state index in [1.165, 1.54) is 11.8 Å². The SMILES string of the molecule is CC(C)(C)c1cnc(/C=C/C2=CNC(NC(=O)N3CCC(O)C3)S2)o1. The lowest BCUT2D eigenvalue weighted by molar-refractivity contribution is 0.171. The molecule has 1 aromatic rings. The first-order valence-electron chi connectivity index (χ1n) is 8.32. The van der Waals surface area contributed by atoms with E-state index in [-0.39, 0.29) is 16.9 Å². The zero-order valence-corrected chi connectivity index (χ0v) is 15.5. The number of allylic oxidation sites excluding steroid dienone is 1. The Balaban J connectivity index is 1.49. The van der Waals surface area contributed by atoms with Crippen molar-refractivity contribution in [1.82, 2.24) is 20.5 Å². The molecule has 1 fully saturated rings. The van der Waals surface area contributed by atoms with Crippen LogP contribution in [-0.4, -0.2) is 45.7 Å². The number of carbonyl (C=O) groups is 1. The Hall–Kier alpha value is -1.93. The first-order valence-corrected chi connectivity index (χ1v) is 9.20. The van der Waals surface area contributed by atoms with Gasteiger partial charge in [0.15, 0.2) is 5.50 Å². The summed E-state index contributed by atoms with van der Waals surface area (Å²) in [7, 11) is 0. The van der Waals surface area contributed by atoms with Crippen LogP contribution in [0, 0.1) is 0 Å². The Morgan fingerprint density at radius 1 is 1.52 bits per heavy atom. The quantitative estimate of drug-likeness (QED) is 0.762. The molecule has 1 saturated heterocycles. The summed E-state index contributed by atoms with van der Waals surface area (Å²) in [5.74, 6) is 1.40. The van der Waals surface area contributed by atoms with Crippen molar-refractivity contribution in [2.24, 2.45) is 0 Å². The van der Waals surface area contributed by atoms with Crippen LogP contribution in [0.5, 0.6) is 0 Å². The van der Waals surface area contributed by atoms with Gasteiger partial charge in [0.05, 0.1) is 12.3 Å². The van der Waals surface area contributed by atoms with Crippen molar-refractivity contribution in [3.8, 4) is 0 Å². The van der Waals surface area contributed by atoms with E-state index >= 15 is 0 Å². The van der Waals surface area contributed by atoms with Crippen molar-refractivity contribution in [1.29, 1.82) is 0 Å². The molecule has 2 unspecified atom stereocenters. The highest BCUT2D eigenvalue weighted by molar-refractivity contribution is 8.04. The molecule has 0 saturated carbocycles. The average Bonchev–Trinajstić information content (AvgIpc) is 3.24. The van der Waals surface area contributed by atoms with E-state index in [4.69, 9.17) is 4.42 Å². The Bertz CT molecular complexity index is 692. The van der Waals surface area contributed by atoms with E-state index in [0.29, 0.717) is 25.4 Å². The smallest absolute Gasteiger partial charge is 0.319 e. The van der Waals surface area contributed by atoms with Gasteiger partial charge in [0.2, 0.25) is 5.89 Å². The third kappa shape index (κ3) is 4.58. The van der Waals surface area contributed by atoms with Crippen molar-refractivity contribution in [3.63, 3.8) is 0 Å². The maximum absolute atomic E-state index is 12.1. The number of aromatic nitrogens is 1. The van der Waals surface area contributed by atoms with Gasteiger partial charge in [0.25, 0.3) is 0 Å². The van der Waals surface area contributed by atoms with Crippen LogP contribution in [0.15, 0.2) is 27.8 Å². The van der Waals surface area contributed by atoms with Crippen LogP contribution in [0.2, 0.25) is 0 Å². The fraction of sp³-hybridized carbons (Fsp3) is 0.529. The van der Waals surface area contributed by atoms with Gasteiger partial charge >= 0.3 is 6.03 Å². The van der Waals surface area contributed by atoms with Crippen LogP contribution in [0.3, 0.4) is 0 Å². The molecule has 1 aromatic heterocycles. The molecule has 0 radical (unpaired) electrons. The van der Waals surface area contributed by atoms with Crippen LogP contribution >= 0.6 is 11.8 Å². The van der Waals surface area contributed by atoms with Crippen molar-refractivity contribution < 1.29 is 14.3 Å². The van der Waals surface area contributed by atoms with E-state index in [2.05, 4.69) is 36.4 Å². The number of thioether (sulfide) groups is 1. The Kier molecular flexibility index (Phi) is 5.10. The Labute approximate surface area is 151 Å². The molecule has 3 rings (SSSR count). The minimum atomic E-state index is -0.412. The largest absolute Gasteiger partial charge is 0.441 e. The highest BCUT2D eigenvalue weighted by atomic mass is 32.2. The average molecular weight is 364 g/mol. The predicted molar refractivity (Wildman–Crippen MR) is 97.6 cm³/mol. The maximum Gasteiger partial charge on any atom is 0.319 e. The Morgan fingerprint density at radius 2 is 2.32 bits per heavy atom. The molecular weight excluding hydrogens is 340 g/mol. The summed E-state index contributed by atoms with van der Waals surface area (Å²) in [6.45, 7) is 7.21. The fourth-order valence-corrected chi connectivity index (χ4v) is 3.37. The van der Waals surface area contributed by atoms with Gasteiger partial charge in [-0.15, -0.1) is 0 Å². The summed E-state index contributed by atoms with van der Waals surface area (Å²) in [5, 5.41) is 15.5. The number of likely N-dealkylation sites (tertiary alicyclic amines) is 1. The Morgan fingerprint density at radius 3 is 2.96 bits per heavy atom. The summed E-state index contributed by atoms with van der Waals surface area (Å²) in [6.07, 6.45) is 7.54. The lowest BCUT2D eigenvalue weighted by Gasteiger charge is -2.20. The molecule has 0 bridgehead atoms. The second-order valence-corrected chi connectivity index (χ2v) is 8.37. The van der Waals surface area contributed by atoms with E-state index < -0.39 is 6.10 Å². The molecule has 136 valence electrons. The number of carbonyl (C=O) groups excluding carboxylic acids is 1. The highest BCUT2D eigenvalue weighted by Crippen LogP contribution is 2.27. The third-order valence-electron chi connectivity index (χ3n) is 3.99. The number of hydrogen-bond acceptors (Lipinski definition) is 6. The second kappa shape index (κ2) is 7.13. The number of β-amino-alcohol motifs (C(OH)–C–C–N with tert-alkyl or cyclic N) is 1. The summed E-state index contributed by atoms with van der Waals surface area (Å²) in [6, 6.07) is -0.164. The minimum absolute atomic E-state index is 0.0689. The van der Waals surface area contributed by atoms with Crippen LogP contribution < -0.4 is 10.6 Å². The zero-order chi connectivity index (χ0) is 18.0.